The summed E-state index contributed by atoms with van der Waals surface area (Å²) >= 11 is 0. The molecule has 0 aromatic carbocycles. The van der Waals surface area contributed by atoms with Crippen LogP contribution in [0.3, 0.4) is 0 Å². The SMILES string of the molecule is CCCN(C(=O)c1cc(=O)[nH]c(=O)[nH]1)C1CNC1. The molecule has 0 radical (unpaired) electrons. The third-order valence-electron chi connectivity index (χ3n) is 2.92. The molecule has 7 heteroatoms. The van der Waals surface area contributed by atoms with Gasteiger partial charge in [0.05, 0.1) is 6.04 Å². The first-order valence-corrected chi connectivity index (χ1v) is 5.97. The van der Waals surface area contributed by atoms with E-state index in [-0.39, 0.29) is 17.6 Å². The molecule has 1 fully saturated rings. The zero-order chi connectivity index (χ0) is 13.1. The maximum absolute atomic E-state index is 12.2. The van der Waals surface area contributed by atoms with Gasteiger partial charge in [-0.2, -0.15) is 0 Å². The lowest BCUT2D eigenvalue weighted by Crippen LogP contribution is -2.59. The number of hydrogen-bond donors (Lipinski definition) is 3. The van der Waals surface area contributed by atoms with Crippen LogP contribution in [-0.4, -0.2) is 46.5 Å². The van der Waals surface area contributed by atoms with E-state index in [4.69, 9.17) is 0 Å². The summed E-state index contributed by atoms with van der Waals surface area (Å²) in [5.74, 6) is -0.299. The average Bonchev–Trinajstić information content (AvgIpc) is 2.23. The average molecular weight is 252 g/mol. The Labute approximate surface area is 103 Å². The highest BCUT2D eigenvalue weighted by Crippen LogP contribution is 2.09. The molecule has 1 aromatic rings. The number of aromatic nitrogens is 2. The molecular formula is C11H16N4O3. The second-order valence-electron chi connectivity index (χ2n) is 4.31. The van der Waals surface area contributed by atoms with E-state index in [1.54, 1.807) is 4.90 Å². The van der Waals surface area contributed by atoms with E-state index in [1.165, 1.54) is 0 Å². The fraction of sp³-hybridized carbons (Fsp3) is 0.545. The molecular weight excluding hydrogens is 236 g/mol. The lowest BCUT2D eigenvalue weighted by Gasteiger charge is -2.38. The van der Waals surface area contributed by atoms with E-state index in [0.29, 0.717) is 6.54 Å². The quantitative estimate of drug-likeness (QED) is 0.632. The van der Waals surface area contributed by atoms with E-state index in [2.05, 4.69) is 10.3 Å². The van der Waals surface area contributed by atoms with Crippen molar-refractivity contribution in [2.45, 2.75) is 19.4 Å². The Morgan fingerprint density at radius 1 is 1.39 bits per heavy atom. The van der Waals surface area contributed by atoms with Crippen LogP contribution >= 0.6 is 0 Å². The van der Waals surface area contributed by atoms with Crippen LogP contribution in [0.5, 0.6) is 0 Å². The van der Waals surface area contributed by atoms with E-state index < -0.39 is 11.2 Å². The van der Waals surface area contributed by atoms with Crippen LogP contribution in [0.25, 0.3) is 0 Å². The first-order chi connectivity index (χ1) is 8.61. The van der Waals surface area contributed by atoms with E-state index in [9.17, 15) is 14.4 Å². The predicted octanol–water partition coefficient (Wildman–Crippen LogP) is -1.11. The Morgan fingerprint density at radius 2 is 2.11 bits per heavy atom. The maximum Gasteiger partial charge on any atom is 0.326 e. The normalized spacial score (nSPS) is 15.2. The zero-order valence-corrected chi connectivity index (χ0v) is 10.2. The summed E-state index contributed by atoms with van der Waals surface area (Å²) in [6.07, 6.45) is 0.829. The van der Waals surface area contributed by atoms with Crippen LogP contribution < -0.4 is 16.6 Å². The van der Waals surface area contributed by atoms with Gasteiger partial charge >= 0.3 is 5.69 Å². The van der Waals surface area contributed by atoms with Crippen molar-refractivity contribution in [1.29, 1.82) is 0 Å². The first kappa shape index (κ1) is 12.6. The summed E-state index contributed by atoms with van der Waals surface area (Å²) in [4.78, 5) is 40.7. The van der Waals surface area contributed by atoms with Gasteiger partial charge in [-0.1, -0.05) is 6.92 Å². The smallest absolute Gasteiger partial charge is 0.326 e. The van der Waals surface area contributed by atoms with Crippen molar-refractivity contribution in [3.8, 4) is 0 Å². The number of aromatic amines is 2. The summed E-state index contributed by atoms with van der Waals surface area (Å²) in [6.45, 7) is 4.09. The zero-order valence-electron chi connectivity index (χ0n) is 10.2. The van der Waals surface area contributed by atoms with Crippen molar-refractivity contribution in [1.82, 2.24) is 20.2 Å². The molecule has 98 valence electrons. The number of carbonyl (C=O) groups is 1. The van der Waals surface area contributed by atoms with Crippen molar-refractivity contribution in [2.75, 3.05) is 19.6 Å². The van der Waals surface area contributed by atoms with Crippen molar-refractivity contribution < 1.29 is 4.79 Å². The third-order valence-corrected chi connectivity index (χ3v) is 2.92. The largest absolute Gasteiger partial charge is 0.332 e. The lowest BCUT2D eigenvalue weighted by atomic mass is 10.1. The molecule has 3 N–H and O–H groups in total. The predicted molar refractivity (Wildman–Crippen MR) is 65.7 cm³/mol. The second-order valence-corrected chi connectivity index (χ2v) is 4.31. The fourth-order valence-corrected chi connectivity index (χ4v) is 1.92. The molecule has 0 spiro atoms. The minimum Gasteiger partial charge on any atom is -0.332 e. The Kier molecular flexibility index (Phi) is 3.61. The number of nitrogens with one attached hydrogen (secondary N) is 3. The Morgan fingerprint density at radius 3 is 2.61 bits per heavy atom. The monoisotopic (exact) mass is 252 g/mol. The topological polar surface area (TPSA) is 98.1 Å². The molecule has 2 heterocycles. The number of nitrogens with zero attached hydrogens (tertiary/aromatic N) is 1. The molecule has 1 aromatic heterocycles. The van der Waals surface area contributed by atoms with E-state index in [1.807, 2.05) is 11.9 Å². The molecule has 0 saturated carbocycles. The molecule has 2 rings (SSSR count). The molecule has 1 aliphatic heterocycles. The highest BCUT2D eigenvalue weighted by Gasteiger charge is 2.29. The summed E-state index contributed by atoms with van der Waals surface area (Å²) in [6, 6.07) is 1.26. The number of amides is 1. The minimum atomic E-state index is -0.658. The van der Waals surface area contributed by atoms with Gasteiger partial charge in [-0.25, -0.2) is 4.79 Å². The molecule has 1 aliphatic rings. The highest BCUT2D eigenvalue weighted by molar-refractivity contribution is 5.92. The van der Waals surface area contributed by atoms with Gasteiger partial charge in [0.2, 0.25) is 0 Å². The molecule has 0 aliphatic carbocycles. The van der Waals surface area contributed by atoms with Gasteiger partial charge < -0.3 is 15.2 Å². The molecule has 18 heavy (non-hydrogen) atoms. The summed E-state index contributed by atoms with van der Waals surface area (Å²) < 4.78 is 0. The van der Waals surface area contributed by atoms with Gasteiger partial charge in [0.15, 0.2) is 0 Å². The number of hydrogen-bond acceptors (Lipinski definition) is 4. The summed E-state index contributed by atoms with van der Waals surface area (Å²) in [7, 11) is 0. The minimum absolute atomic E-state index is 0.0455. The lowest BCUT2D eigenvalue weighted by molar-refractivity contribution is 0.0609. The van der Waals surface area contributed by atoms with E-state index >= 15 is 0 Å². The molecule has 1 saturated heterocycles. The van der Waals surface area contributed by atoms with Gasteiger partial charge in [0, 0.05) is 25.7 Å². The Balaban J connectivity index is 2.26. The number of rotatable bonds is 4. The molecule has 0 unspecified atom stereocenters. The summed E-state index contributed by atoms with van der Waals surface area (Å²) in [5.41, 5.74) is -1.18. The van der Waals surface area contributed by atoms with Gasteiger partial charge in [0.25, 0.3) is 11.5 Å². The van der Waals surface area contributed by atoms with Crippen molar-refractivity contribution in [2.24, 2.45) is 0 Å². The first-order valence-electron chi connectivity index (χ1n) is 5.97. The van der Waals surface area contributed by atoms with Crippen LogP contribution in [0.4, 0.5) is 0 Å². The molecule has 0 atom stereocenters. The van der Waals surface area contributed by atoms with Gasteiger partial charge in [-0.3, -0.25) is 14.6 Å². The summed E-state index contributed by atoms with van der Waals surface area (Å²) in [5, 5.41) is 3.10. The van der Waals surface area contributed by atoms with Crippen LogP contribution in [-0.2, 0) is 0 Å². The van der Waals surface area contributed by atoms with Crippen LogP contribution in [0, 0.1) is 0 Å². The standard InChI is InChI=1S/C11H16N4O3/c1-2-3-15(7-5-12-6-7)10(17)8-4-9(16)14-11(18)13-8/h4,7,12H,2-3,5-6H2,1H3,(H2,13,14,16,18). The Bertz CT molecular complexity index is 515. The fourth-order valence-electron chi connectivity index (χ4n) is 1.92. The van der Waals surface area contributed by atoms with Gasteiger partial charge in [0.1, 0.15) is 5.69 Å². The van der Waals surface area contributed by atoms with Crippen LogP contribution in [0.1, 0.15) is 23.8 Å². The van der Waals surface area contributed by atoms with Crippen LogP contribution in [0.2, 0.25) is 0 Å². The van der Waals surface area contributed by atoms with Crippen LogP contribution in [0.15, 0.2) is 15.7 Å². The third kappa shape index (κ3) is 2.51. The molecule has 1 amide bonds. The second kappa shape index (κ2) is 5.18. The van der Waals surface area contributed by atoms with E-state index in [0.717, 1.165) is 25.6 Å². The van der Waals surface area contributed by atoms with Crippen molar-refractivity contribution in [3.05, 3.63) is 32.6 Å². The van der Waals surface area contributed by atoms with Crippen molar-refractivity contribution in [3.63, 3.8) is 0 Å². The van der Waals surface area contributed by atoms with Crippen molar-refractivity contribution >= 4 is 5.91 Å². The Hall–Kier alpha value is -1.89. The maximum atomic E-state index is 12.2. The van der Waals surface area contributed by atoms with Gasteiger partial charge in [-0.05, 0) is 6.42 Å². The number of H-pyrrole nitrogens is 2. The van der Waals surface area contributed by atoms with Gasteiger partial charge in [-0.15, -0.1) is 0 Å². The molecule has 0 bridgehead atoms. The molecule has 7 nitrogen and oxygen atoms in total. The number of carbonyl (C=O) groups excluding carboxylic acids is 1. The highest BCUT2D eigenvalue weighted by atomic mass is 16.2.